The minimum atomic E-state index is -1.89. The topological polar surface area (TPSA) is 44.8 Å². The van der Waals surface area contributed by atoms with Crippen LogP contribution in [0.25, 0.3) is 0 Å². The summed E-state index contributed by atoms with van der Waals surface area (Å²) in [4.78, 5) is 12.1. The van der Waals surface area contributed by atoms with Gasteiger partial charge in [-0.1, -0.05) is 20.8 Å². The lowest BCUT2D eigenvalue weighted by atomic mass is 10.1. The van der Waals surface area contributed by atoms with Crippen LogP contribution < -0.4 is 0 Å². The number of rotatable bonds is 8. The van der Waals surface area contributed by atoms with E-state index in [1.54, 1.807) is 14.2 Å². The average molecular weight is 290 g/mol. The SMILES string of the molecule is COC(CCC(=O)[C@H](C)O[Si](C)(C)C(C)(C)C)OC. The molecule has 0 amide bonds. The molecule has 0 bridgehead atoms. The van der Waals surface area contributed by atoms with Gasteiger partial charge in [0, 0.05) is 27.1 Å². The molecule has 0 aliphatic rings. The van der Waals surface area contributed by atoms with Crippen LogP contribution in [0.4, 0.5) is 0 Å². The number of hydrogen-bond acceptors (Lipinski definition) is 4. The summed E-state index contributed by atoms with van der Waals surface area (Å²) in [5.74, 6) is 0.115. The van der Waals surface area contributed by atoms with Gasteiger partial charge in [-0.25, -0.2) is 0 Å². The summed E-state index contributed by atoms with van der Waals surface area (Å²) in [5.41, 5.74) is 0. The number of carbonyl (C=O) groups is 1. The third-order valence-electron chi connectivity index (χ3n) is 3.88. The molecule has 0 saturated carbocycles. The predicted molar refractivity (Wildman–Crippen MR) is 79.8 cm³/mol. The van der Waals surface area contributed by atoms with Gasteiger partial charge >= 0.3 is 0 Å². The highest BCUT2D eigenvalue weighted by Gasteiger charge is 2.39. The first-order chi connectivity index (χ1) is 8.55. The number of methoxy groups -OCH3 is 2. The Kier molecular flexibility index (Phi) is 7.43. The molecule has 19 heavy (non-hydrogen) atoms. The minimum absolute atomic E-state index is 0.114. The van der Waals surface area contributed by atoms with Crippen molar-refractivity contribution in [1.82, 2.24) is 0 Å². The van der Waals surface area contributed by atoms with Gasteiger partial charge in [0.1, 0.15) is 6.10 Å². The van der Waals surface area contributed by atoms with E-state index in [0.717, 1.165) is 0 Å². The van der Waals surface area contributed by atoms with Crippen LogP contribution in [0.5, 0.6) is 0 Å². The van der Waals surface area contributed by atoms with Crippen LogP contribution in [0.3, 0.4) is 0 Å². The highest BCUT2D eigenvalue weighted by atomic mass is 28.4. The largest absolute Gasteiger partial charge is 0.407 e. The van der Waals surface area contributed by atoms with Crippen LogP contribution in [0.15, 0.2) is 0 Å². The third kappa shape index (κ3) is 6.16. The second kappa shape index (κ2) is 7.52. The van der Waals surface area contributed by atoms with Gasteiger partial charge in [0.2, 0.25) is 0 Å². The van der Waals surface area contributed by atoms with Crippen LogP contribution in [0, 0.1) is 0 Å². The van der Waals surface area contributed by atoms with Crippen molar-refractivity contribution in [2.24, 2.45) is 0 Å². The van der Waals surface area contributed by atoms with E-state index in [2.05, 4.69) is 33.9 Å². The van der Waals surface area contributed by atoms with E-state index in [-0.39, 0.29) is 23.2 Å². The molecule has 0 radical (unpaired) electrons. The van der Waals surface area contributed by atoms with Gasteiger partial charge in [0.05, 0.1) is 0 Å². The zero-order valence-electron chi connectivity index (χ0n) is 13.7. The van der Waals surface area contributed by atoms with E-state index >= 15 is 0 Å². The molecule has 0 saturated heterocycles. The lowest BCUT2D eigenvalue weighted by Gasteiger charge is -2.38. The molecular weight excluding hydrogens is 260 g/mol. The Bertz CT molecular complexity index is 280. The van der Waals surface area contributed by atoms with Crippen molar-refractivity contribution >= 4 is 14.1 Å². The zero-order valence-corrected chi connectivity index (χ0v) is 14.7. The Hall–Kier alpha value is -0.233. The van der Waals surface area contributed by atoms with Crippen molar-refractivity contribution in [3.63, 3.8) is 0 Å². The van der Waals surface area contributed by atoms with Crippen molar-refractivity contribution in [3.05, 3.63) is 0 Å². The second-order valence-corrected chi connectivity index (χ2v) is 11.2. The molecule has 0 fully saturated rings. The van der Waals surface area contributed by atoms with E-state index in [9.17, 15) is 4.79 Å². The maximum Gasteiger partial charge on any atom is 0.193 e. The van der Waals surface area contributed by atoms with E-state index in [0.29, 0.717) is 12.8 Å². The van der Waals surface area contributed by atoms with Crippen LogP contribution >= 0.6 is 0 Å². The van der Waals surface area contributed by atoms with Gasteiger partial charge in [-0.3, -0.25) is 4.79 Å². The van der Waals surface area contributed by atoms with Crippen LogP contribution in [0.2, 0.25) is 18.1 Å². The summed E-state index contributed by atoms with van der Waals surface area (Å²) in [6, 6.07) is 0. The van der Waals surface area contributed by atoms with Crippen LogP contribution in [-0.2, 0) is 18.7 Å². The fourth-order valence-corrected chi connectivity index (χ4v) is 2.85. The molecule has 0 aromatic carbocycles. The molecule has 1 atom stereocenters. The van der Waals surface area contributed by atoms with Crippen molar-refractivity contribution in [2.75, 3.05) is 14.2 Å². The standard InChI is InChI=1S/C14H30O4Si/c1-11(18-19(7,8)14(2,3)4)12(15)9-10-13(16-5)17-6/h11,13H,9-10H2,1-8H3/t11-/m0/s1. The van der Waals surface area contributed by atoms with E-state index in [4.69, 9.17) is 13.9 Å². The van der Waals surface area contributed by atoms with Gasteiger partial charge < -0.3 is 13.9 Å². The molecule has 0 rings (SSSR count). The van der Waals surface area contributed by atoms with Gasteiger partial charge in [-0.15, -0.1) is 0 Å². The maximum absolute atomic E-state index is 12.1. The Morgan fingerprint density at radius 3 is 2.00 bits per heavy atom. The highest BCUT2D eigenvalue weighted by molar-refractivity contribution is 6.74. The highest BCUT2D eigenvalue weighted by Crippen LogP contribution is 2.37. The Morgan fingerprint density at radius 1 is 1.16 bits per heavy atom. The molecule has 0 N–H and O–H groups in total. The van der Waals surface area contributed by atoms with Gasteiger partial charge in [0.15, 0.2) is 20.4 Å². The third-order valence-corrected chi connectivity index (χ3v) is 8.44. The Morgan fingerprint density at radius 2 is 1.63 bits per heavy atom. The summed E-state index contributed by atoms with van der Waals surface area (Å²) < 4.78 is 16.2. The minimum Gasteiger partial charge on any atom is -0.407 e. The first-order valence-corrected chi connectivity index (χ1v) is 9.72. The van der Waals surface area contributed by atoms with Crippen molar-refractivity contribution < 1.29 is 18.7 Å². The number of Topliss-reactive ketones (excluding diaryl/α,β-unsaturated/α-hetero) is 1. The van der Waals surface area contributed by atoms with Crippen molar-refractivity contribution in [1.29, 1.82) is 0 Å². The fraction of sp³-hybridized carbons (Fsp3) is 0.929. The van der Waals surface area contributed by atoms with E-state index in [1.807, 2.05) is 6.92 Å². The number of hydrogen-bond donors (Lipinski definition) is 0. The average Bonchev–Trinajstić information content (AvgIpc) is 2.27. The molecule has 0 aliphatic carbocycles. The molecule has 114 valence electrons. The quantitative estimate of drug-likeness (QED) is 0.508. The first kappa shape index (κ1) is 18.8. The Labute approximate surface area is 118 Å². The smallest absolute Gasteiger partial charge is 0.193 e. The van der Waals surface area contributed by atoms with Gasteiger partial charge in [-0.2, -0.15) is 0 Å². The lowest BCUT2D eigenvalue weighted by Crippen LogP contribution is -2.45. The molecule has 5 heteroatoms. The lowest BCUT2D eigenvalue weighted by molar-refractivity contribution is -0.132. The summed E-state index contributed by atoms with van der Waals surface area (Å²) in [6.07, 6.45) is 0.318. The Balaban J connectivity index is 4.36. The summed E-state index contributed by atoms with van der Waals surface area (Å²) >= 11 is 0. The molecule has 0 heterocycles. The van der Waals surface area contributed by atoms with Crippen molar-refractivity contribution in [2.45, 2.75) is 71.1 Å². The van der Waals surface area contributed by atoms with Gasteiger partial charge in [-0.05, 0) is 25.1 Å². The molecule has 0 spiro atoms. The van der Waals surface area contributed by atoms with Gasteiger partial charge in [0.25, 0.3) is 0 Å². The zero-order chi connectivity index (χ0) is 15.3. The maximum atomic E-state index is 12.1. The summed E-state index contributed by atoms with van der Waals surface area (Å²) in [5, 5.41) is 0.114. The number of carbonyl (C=O) groups excluding carboxylic acids is 1. The summed E-state index contributed by atoms with van der Waals surface area (Å²) in [6.45, 7) is 12.7. The predicted octanol–water partition coefficient (Wildman–Crippen LogP) is 3.36. The molecular formula is C14H30O4Si. The number of ether oxygens (including phenoxy) is 2. The normalized spacial score (nSPS) is 14.8. The summed E-state index contributed by atoms with van der Waals surface area (Å²) in [7, 11) is 1.27. The van der Waals surface area contributed by atoms with E-state index < -0.39 is 8.32 Å². The van der Waals surface area contributed by atoms with Crippen LogP contribution in [-0.4, -0.2) is 40.7 Å². The first-order valence-electron chi connectivity index (χ1n) is 6.81. The number of ketones is 1. The monoisotopic (exact) mass is 290 g/mol. The van der Waals surface area contributed by atoms with Crippen molar-refractivity contribution in [3.8, 4) is 0 Å². The molecule has 0 unspecified atom stereocenters. The molecule has 0 aromatic heterocycles. The molecule has 4 nitrogen and oxygen atoms in total. The van der Waals surface area contributed by atoms with Crippen LogP contribution in [0.1, 0.15) is 40.5 Å². The second-order valence-electron chi connectivity index (χ2n) is 6.43. The van der Waals surface area contributed by atoms with E-state index in [1.165, 1.54) is 0 Å². The molecule has 0 aromatic rings. The molecule has 0 aliphatic heterocycles. The fourth-order valence-electron chi connectivity index (χ4n) is 1.48.